The van der Waals surface area contributed by atoms with E-state index in [-0.39, 0.29) is 11.2 Å². The Morgan fingerprint density at radius 3 is 2.37 bits per heavy atom. The summed E-state index contributed by atoms with van der Waals surface area (Å²) in [7, 11) is 3.92. The summed E-state index contributed by atoms with van der Waals surface area (Å²) in [5.41, 5.74) is 3.80. The van der Waals surface area contributed by atoms with Gasteiger partial charge in [-0.1, -0.05) is 106 Å². The molecule has 236 valence electrons. The lowest BCUT2D eigenvalue weighted by Gasteiger charge is -2.46. The number of rotatable bonds is 18. The number of H-pyrrole nitrogens is 1. The fourth-order valence-corrected chi connectivity index (χ4v) is 7.48. The molecule has 43 heavy (non-hydrogen) atoms. The second-order valence-electron chi connectivity index (χ2n) is 12.7. The Morgan fingerprint density at radius 2 is 1.65 bits per heavy atom. The second kappa shape index (κ2) is 16.7. The largest absolute Gasteiger partial charge is 0.357 e. The SMILES string of the molecule is CCCCCCCCCCC(Cl)CCCC(C(=O)CN(C)C)(c1ccc(Cl)c(Cl)c1)N1CCc2c([nH]c3ccccc23)C1. The maximum atomic E-state index is 14.5. The van der Waals surface area contributed by atoms with E-state index in [4.69, 9.17) is 34.8 Å². The highest BCUT2D eigenvalue weighted by Crippen LogP contribution is 2.42. The van der Waals surface area contributed by atoms with Crippen molar-refractivity contribution < 1.29 is 4.79 Å². The number of para-hydroxylation sites is 1. The zero-order valence-corrected chi connectivity index (χ0v) is 28.6. The highest BCUT2D eigenvalue weighted by molar-refractivity contribution is 6.42. The second-order valence-corrected chi connectivity index (χ2v) is 14.1. The molecule has 0 radical (unpaired) electrons. The van der Waals surface area contributed by atoms with Gasteiger partial charge in [-0.15, -0.1) is 11.6 Å². The Kier molecular flexibility index (Phi) is 13.3. The molecule has 3 aromatic rings. The zero-order valence-electron chi connectivity index (χ0n) is 26.4. The van der Waals surface area contributed by atoms with E-state index in [1.165, 1.54) is 68.0 Å². The lowest BCUT2D eigenvalue weighted by atomic mass is 9.77. The predicted molar refractivity (Wildman–Crippen MR) is 185 cm³/mol. The summed E-state index contributed by atoms with van der Waals surface area (Å²) in [5, 5.41) is 2.39. The summed E-state index contributed by atoms with van der Waals surface area (Å²) >= 11 is 19.9. The van der Waals surface area contributed by atoms with Gasteiger partial charge in [-0.3, -0.25) is 9.69 Å². The number of nitrogens with zero attached hydrogens (tertiary/aromatic N) is 2. The van der Waals surface area contributed by atoms with Gasteiger partial charge < -0.3 is 9.88 Å². The Morgan fingerprint density at radius 1 is 0.953 bits per heavy atom. The minimum absolute atomic E-state index is 0.122. The lowest BCUT2D eigenvalue weighted by Crippen LogP contribution is -2.55. The van der Waals surface area contributed by atoms with Gasteiger partial charge in [0.15, 0.2) is 5.78 Å². The minimum atomic E-state index is -0.831. The van der Waals surface area contributed by atoms with Crippen molar-refractivity contribution in [3.63, 3.8) is 0 Å². The van der Waals surface area contributed by atoms with Crippen LogP contribution in [0.4, 0.5) is 0 Å². The molecular formula is C36H50Cl3N3O. The van der Waals surface area contributed by atoms with Crippen LogP contribution in [0.2, 0.25) is 10.0 Å². The third-order valence-corrected chi connectivity index (χ3v) is 10.3. The van der Waals surface area contributed by atoms with Gasteiger partial charge in [0.1, 0.15) is 5.54 Å². The molecule has 4 nitrogen and oxygen atoms in total. The average molecular weight is 647 g/mol. The normalized spacial score (nSPS) is 16.0. The molecule has 2 unspecified atom stereocenters. The first-order chi connectivity index (χ1) is 20.8. The van der Waals surface area contributed by atoms with Crippen molar-refractivity contribution in [3.05, 3.63) is 69.3 Å². The van der Waals surface area contributed by atoms with Crippen molar-refractivity contribution in [1.29, 1.82) is 0 Å². The van der Waals surface area contributed by atoms with Gasteiger partial charge in [0.2, 0.25) is 0 Å². The van der Waals surface area contributed by atoms with Crippen LogP contribution in [-0.4, -0.2) is 53.1 Å². The number of benzene rings is 2. The smallest absolute Gasteiger partial charge is 0.171 e. The number of hydrogen-bond acceptors (Lipinski definition) is 3. The molecule has 4 rings (SSSR count). The van der Waals surface area contributed by atoms with E-state index in [1.807, 2.05) is 37.2 Å². The molecule has 0 bridgehead atoms. The molecule has 0 fully saturated rings. The monoisotopic (exact) mass is 645 g/mol. The fourth-order valence-electron chi connectivity index (χ4n) is 6.88. The van der Waals surface area contributed by atoms with Crippen LogP contribution in [-0.2, 0) is 23.3 Å². The molecular weight excluding hydrogens is 597 g/mol. The fraction of sp³-hybridized carbons (Fsp3) is 0.583. The third kappa shape index (κ3) is 8.79. The van der Waals surface area contributed by atoms with Crippen molar-refractivity contribution in [3.8, 4) is 0 Å². The van der Waals surface area contributed by atoms with Gasteiger partial charge in [-0.25, -0.2) is 0 Å². The molecule has 0 amide bonds. The number of ketones is 1. The molecule has 1 aliphatic rings. The molecule has 0 saturated carbocycles. The van der Waals surface area contributed by atoms with Crippen molar-refractivity contribution >= 4 is 51.5 Å². The molecule has 2 aromatic carbocycles. The van der Waals surface area contributed by atoms with Crippen LogP contribution < -0.4 is 0 Å². The number of carbonyl (C=O) groups is 1. The number of aromatic nitrogens is 1. The summed E-state index contributed by atoms with van der Waals surface area (Å²) in [6.07, 6.45) is 14.8. The van der Waals surface area contributed by atoms with Crippen molar-refractivity contribution in [1.82, 2.24) is 14.8 Å². The van der Waals surface area contributed by atoms with Gasteiger partial charge in [0, 0.05) is 35.1 Å². The zero-order chi connectivity index (χ0) is 30.8. The van der Waals surface area contributed by atoms with Crippen LogP contribution >= 0.6 is 34.8 Å². The first-order valence-electron chi connectivity index (χ1n) is 16.4. The third-order valence-electron chi connectivity index (χ3n) is 9.17. The van der Waals surface area contributed by atoms with E-state index in [2.05, 4.69) is 41.1 Å². The molecule has 2 atom stereocenters. The van der Waals surface area contributed by atoms with E-state index in [1.54, 1.807) is 0 Å². The van der Waals surface area contributed by atoms with Gasteiger partial charge in [0.25, 0.3) is 0 Å². The van der Waals surface area contributed by atoms with Crippen LogP contribution in [0.25, 0.3) is 10.9 Å². The summed E-state index contributed by atoms with van der Waals surface area (Å²) < 4.78 is 0. The first kappa shape index (κ1) is 34.3. The number of alkyl halides is 1. The number of aromatic amines is 1. The van der Waals surface area contributed by atoms with E-state index < -0.39 is 5.54 Å². The summed E-state index contributed by atoms with van der Waals surface area (Å²) in [5.74, 6) is 0.185. The highest BCUT2D eigenvalue weighted by Gasteiger charge is 2.46. The van der Waals surface area contributed by atoms with Gasteiger partial charge in [0.05, 0.1) is 16.6 Å². The number of unbranched alkanes of at least 4 members (excludes halogenated alkanes) is 7. The van der Waals surface area contributed by atoms with E-state index in [0.29, 0.717) is 29.6 Å². The number of likely N-dealkylation sites (N-methyl/N-ethyl adjacent to an activating group) is 1. The first-order valence-corrected chi connectivity index (χ1v) is 17.6. The van der Waals surface area contributed by atoms with E-state index in [0.717, 1.165) is 43.3 Å². The van der Waals surface area contributed by atoms with Crippen LogP contribution in [0.3, 0.4) is 0 Å². The van der Waals surface area contributed by atoms with Crippen LogP contribution in [0, 0.1) is 0 Å². The Bertz CT molecular complexity index is 1320. The summed E-state index contributed by atoms with van der Waals surface area (Å²) in [6, 6.07) is 14.2. The molecule has 2 heterocycles. The summed E-state index contributed by atoms with van der Waals surface area (Å²) in [4.78, 5) is 22.5. The quantitative estimate of drug-likeness (QED) is 0.110. The number of Topliss-reactive ketones (excluding diaryl/α,β-unsaturated/α-hetero) is 1. The predicted octanol–water partition coefficient (Wildman–Crippen LogP) is 10.2. The number of fused-ring (bicyclic) bond motifs is 3. The molecule has 7 heteroatoms. The summed E-state index contributed by atoms with van der Waals surface area (Å²) in [6.45, 7) is 4.07. The molecule has 0 aliphatic carbocycles. The van der Waals surface area contributed by atoms with Crippen molar-refractivity contribution in [2.45, 2.75) is 108 Å². The molecule has 0 saturated heterocycles. The lowest BCUT2D eigenvalue weighted by molar-refractivity contribution is -0.134. The molecule has 1 aromatic heterocycles. The standard InChI is InChI=1S/C36H50Cl3N3O/c1-4-5-6-7-8-9-10-11-15-28(37)16-14-22-36(35(43)26-41(2)3,27-19-20-31(38)32(39)24-27)42-23-21-30-29-17-12-13-18-33(29)40-34(30)25-42/h12-13,17-20,24,28,40H,4-11,14-16,21-23,25-26H2,1-3H3. The van der Waals surface area contributed by atoms with E-state index >= 15 is 0 Å². The number of nitrogens with one attached hydrogen (secondary N) is 1. The number of carbonyl (C=O) groups excluding carboxylic acids is 1. The van der Waals surface area contributed by atoms with Crippen LogP contribution in [0.1, 0.15) is 101 Å². The minimum Gasteiger partial charge on any atom is -0.357 e. The van der Waals surface area contributed by atoms with E-state index in [9.17, 15) is 4.79 Å². The van der Waals surface area contributed by atoms with Gasteiger partial charge in [-0.2, -0.15) is 0 Å². The Hall–Kier alpha value is -1.56. The maximum absolute atomic E-state index is 14.5. The number of hydrogen-bond donors (Lipinski definition) is 1. The molecule has 1 N–H and O–H groups in total. The highest BCUT2D eigenvalue weighted by atomic mass is 35.5. The molecule has 1 aliphatic heterocycles. The van der Waals surface area contributed by atoms with Crippen molar-refractivity contribution in [2.75, 3.05) is 27.2 Å². The van der Waals surface area contributed by atoms with Gasteiger partial charge in [-0.05, 0) is 75.5 Å². The number of halogens is 3. The molecule has 0 spiro atoms. The maximum Gasteiger partial charge on any atom is 0.171 e. The van der Waals surface area contributed by atoms with Crippen LogP contribution in [0.5, 0.6) is 0 Å². The average Bonchev–Trinajstić information content (AvgIpc) is 3.36. The van der Waals surface area contributed by atoms with Crippen LogP contribution in [0.15, 0.2) is 42.5 Å². The van der Waals surface area contributed by atoms with Crippen molar-refractivity contribution in [2.24, 2.45) is 0 Å². The topological polar surface area (TPSA) is 39.3 Å². The Labute approximate surface area is 274 Å². The Balaban J connectivity index is 1.53. The van der Waals surface area contributed by atoms with Gasteiger partial charge >= 0.3 is 0 Å².